The maximum absolute atomic E-state index is 12.2. The van der Waals surface area contributed by atoms with E-state index in [0.29, 0.717) is 6.54 Å². The molecule has 114 valence electrons. The van der Waals surface area contributed by atoms with E-state index in [4.69, 9.17) is 5.73 Å². The second-order valence-corrected chi connectivity index (χ2v) is 5.08. The van der Waals surface area contributed by atoms with E-state index >= 15 is 0 Å². The van der Waals surface area contributed by atoms with Gasteiger partial charge in [0.25, 0.3) is 0 Å². The zero-order valence-corrected chi connectivity index (χ0v) is 12.7. The van der Waals surface area contributed by atoms with E-state index in [9.17, 15) is 4.79 Å². The third kappa shape index (κ3) is 3.30. The molecule has 0 aliphatic heterocycles. The van der Waals surface area contributed by atoms with E-state index in [2.05, 4.69) is 27.4 Å². The minimum Gasteiger partial charge on any atom is -0.347 e. The van der Waals surface area contributed by atoms with Gasteiger partial charge in [-0.15, -0.1) is 0 Å². The lowest BCUT2D eigenvalue weighted by Gasteiger charge is -2.13. The Morgan fingerprint density at radius 1 is 1.52 bits per heavy atom. The summed E-state index contributed by atoms with van der Waals surface area (Å²) in [6.45, 7) is 7.05. The monoisotopic (exact) mass is 290 g/mol. The Bertz CT molecular complexity index is 595. The molecular formula is C14H22N6O. The van der Waals surface area contributed by atoms with Gasteiger partial charge in [-0.2, -0.15) is 5.10 Å². The molecule has 2 heterocycles. The fourth-order valence-corrected chi connectivity index (χ4v) is 2.38. The number of carbonyl (C=O) groups excluding carboxylic acids is 1. The van der Waals surface area contributed by atoms with Gasteiger partial charge in [-0.3, -0.25) is 9.89 Å². The van der Waals surface area contributed by atoms with Crippen LogP contribution in [0.1, 0.15) is 42.2 Å². The number of carbonyl (C=O) groups is 1. The number of nitrogens with zero attached hydrogens (tertiary/aromatic N) is 3. The fourth-order valence-electron chi connectivity index (χ4n) is 2.38. The molecule has 7 nitrogen and oxygen atoms in total. The summed E-state index contributed by atoms with van der Waals surface area (Å²) in [5.74, 6) is 0.603. The minimum absolute atomic E-state index is 0.228. The van der Waals surface area contributed by atoms with Crippen LogP contribution in [0, 0.1) is 13.8 Å². The molecule has 2 aromatic heterocycles. The maximum Gasteiger partial charge on any atom is 0.242 e. The fraction of sp³-hybridized carbons (Fsp3) is 0.500. The first kappa shape index (κ1) is 15.2. The van der Waals surface area contributed by atoms with E-state index in [1.54, 1.807) is 6.20 Å². The van der Waals surface area contributed by atoms with Crippen LogP contribution in [0.3, 0.4) is 0 Å². The van der Waals surface area contributed by atoms with Crippen molar-refractivity contribution >= 4 is 5.91 Å². The molecule has 0 unspecified atom stereocenters. The second-order valence-electron chi connectivity index (χ2n) is 5.08. The number of hydrogen-bond donors (Lipinski definition) is 3. The van der Waals surface area contributed by atoms with Gasteiger partial charge in [-0.1, -0.05) is 6.92 Å². The molecule has 7 heteroatoms. The molecular weight excluding hydrogens is 268 g/mol. The number of amides is 1. The zero-order valence-electron chi connectivity index (χ0n) is 12.7. The largest absolute Gasteiger partial charge is 0.347 e. The number of rotatable bonds is 6. The van der Waals surface area contributed by atoms with Gasteiger partial charge < -0.3 is 15.6 Å². The number of nitrogens with one attached hydrogen (secondary N) is 2. The van der Waals surface area contributed by atoms with Gasteiger partial charge in [-0.25, -0.2) is 4.98 Å². The highest BCUT2D eigenvalue weighted by Gasteiger charge is 2.21. The van der Waals surface area contributed by atoms with Crippen molar-refractivity contribution < 1.29 is 4.79 Å². The van der Waals surface area contributed by atoms with Crippen molar-refractivity contribution in [2.45, 2.75) is 46.3 Å². The van der Waals surface area contributed by atoms with Crippen molar-refractivity contribution in [3.63, 3.8) is 0 Å². The first-order chi connectivity index (χ1) is 10.0. The summed E-state index contributed by atoms with van der Waals surface area (Å²) in [7, 11) is 0. The van der Waals surface area contributed by atoms with E-state index in [-0.39, 0.29) is 5.91 Å². The third-order valence-corrected chi connectivity index (χ3v) is 3.47. The van der Waals surface area contributed by atoms with Gasteiger partial charge in [0.15, 0.2) is 0 Å². The van der Waals surface area contributed by atoms with Gasteiger partial charge in [0.05, 0.1) is 12.2 Å². The smallest absolute Gasteiger partial charge is 0.242 e. The number of aryl methyl sites for hydroxylation is 3. The summed E-state index contributed by atoms with van der Waals surface area (Å²) < 4.78 is 2.03. The highest BCUT2D eigenvalue weighted by atomic mass is 16.2. The summed E-state index contributed by atoms with van der Waals surface area (Å²) in [4.78, 5) is 16.4. The average molecular weight is 290 g/mol. The van der Waals surface area contributed by atoms with Crippen molar-refractivity contribution in [2.24, 2.45) is 5.73 Å². The van der Waals surface area contributed by atoms with Crippen LogP contribution in [0.25, 0.3) is 0 Å². The molecule has 0 aliphatic carbocycles. The van der Waals surface area contributed by atoms with Crippen molar-refractivity contribution in [1.29, 1.82) is 0 Å². The quantitative estimate of drug-likeness (QED) is 0.737. The summed E-state index contributed by atoms with van der Waals surface area (Å²) >= 11 is 0. The number of aromatic nitrogens is 4. The van der Waals surface area contributed by atoms with Gasteiger partial charge in [0.2, 0.25) is 5.91 Å². The molecule has 21 heavy (non-hydrogen) atoms. The molecule has 0 aromatic carbocycles. The molecule has 0 fully saturated rings. The number of hydrogen-bond acceptors (Lipinski definition) is 4. The molecule has 2 aromatic rings. The van der Waals surface area contributed by atoms with Crippen molar-refractivity contribution in [2.75, 3.05) is 0 Å². The van der Waals surface area contributed by atoms with Crippen LogP contribution >= 0.6 is 0 Å². The average Bonchev–Trinajstić information content (AvgIpc) is 3.03. The summed E-state index contributed by atoms with van der Waals surface area (Å²) in [5.41, 5.74) is 8.35. The zero-order chi connectivity index (χ0) is 15.4. The normalized spacial score (nSPS) is 12.4. The first-order valence-corrected chi connectivity index (χ1v) is 7.09. The molecule has 0 aliphatic rings. The Morgan fingerprint density at radius 2 is 2.29 bits per heavy atom. The van der Waals surface area contributed by atoms with Crippen LogP contribution in [0.5, 0.6) is 0 Å². The van der Waals surface area contributed by atoms with Gasteiger partial charge in [0, 0.05) is 30.2 Å². The second kappa shape index (κ2) is 6.53. The molecule has 0 radical (unpaired) electrons. The first-order valence-electron chi connectivity index (χ1n) is 7.09. The topological polar surface area (TPSA) is 102 Å². The van der Waals surface area contributed by atoms with Crippen LogP contribution in [-0.2, 0) is 17.9 Å². The Morgan fingerprint density at radius 3 is 2.90 bits per heavy atom. The van der Waals surface area contributed by atoms with Crippen LogP contribution in [-0.4, -0.2) is 25.7 Å². The lowest BCUT2D eigenvalue weighted by Crippen LogP contribution is -2.35. The molecule has 4 N–H and O–H groups in total. The summed E-state index contributed by atoms with van der Waals surface area (Å²) in [6.07, 6.45) is 4.67. The van der Waals surface area contributed by atoms with Crippen molar-refractivity contribution in [3.05, 3.63) is 35.2 Å². The maximum atomic E-state index is 12.2. The van der Waals surface area contributed by atoms with Crippen molar-refractivity contribution in [3.8, 4) is 0 Å². The number of imidazole rings is 1. The van der Waals surface area contributed by atoms with E-state index in [1.165, 1.54) is 0 Å². The highest BCUT2D eigenvalue weighted by Crippen LogP contribution is 2.17. The van der Waals surface area contributed by atoms with E-state index < -0.39 is 6.04 Å². The van der Waals surface area contributed by atoms with Crippen molar-refractivity contribution in [1.82, 2.24) is 25.1 Å². The van der Waals surface area contributed by atoms with E-state index in [1.807, 2.05) is 24.6 Å². The molecule has 1 amide bonds. The number of nitrogens with two attached hydrogens (primary N) is 1. The predicted octanol–water partition coefficient (Wildman–Crippen LogP) is 0.949. The Labute approximate surface area is 123 Å². The van der Waals surface area contributed by atoms with Crippen LogP contribution in [0.2, 0.25) is 0 Å². The lowest BCUT2D eigenvalue weighted by atomic mass is 10.1. The predicted molar refractivity (Wildman–Crippen MR) is 79.4 cm³/mol. The van der Waals surface area contributed by atoms with Crippen LogP contribution < -0.4 is 11.1 Å². The minimum atomic E-state index is -0.724. The Kier molecular flexibility index (Phi) is 4.74. The van der Waals surface area contributed by atoms with E-state index in [0.717, 1.165) is 35.7 Å². The molecule has 0 bridgehead atoms. The Hall–Kier alpha value is -2.15. The Balaban J connectivity index is 2.00. The summed E-state index contributed by atoms with van der Waals surface area (Å²) in [6, 6.07) is -0.724. The van der Waals surface area contributed by atoms with Gasteiger partial charge in [-0.05, 0) is 20.3 Å². The van der Waals surface area contributed by atoms with Gasteiger partial charge >= 0.3 is 0 Å². The third-order valence-electron chi connectivity index (χ3n) is 3.47. The molecule has 0 saturated heterocycles. The molecule has 2 rings (SSSR count). The highest BCUT2D eigenvalue weighted by molar-refractivity contribution is 5.83. The molecule has 0 saturated carbocycles. The molecule has 0 spiro atoms. The van der Waals surface area contributed by atoms with Crippen LogP contribution in [0.15, 0.2) is 12.4 Å². The standard InChI is InChI=1S/C14H22N6O/c1-4-6-20-7-5-16-11(20)8-17-14(21)13(15)12-9(2)18-19-10(12)3/h5,7,13H,4,6,8,15H2,1-3H3,(H,17,21)(H,18,19)/t13-/m1/s1. The SMILES string of the molecule is CCCn1ccnc1CNC(=O)[C@H](N)c1c(C)n[nH]c1C. The lowest BCUT2D eigenvalue weighted by molar-refractivity contribution is -0.122. The number of H-pyrrole nitrogens is 1. The van der Waals surface area contributed by atoms with Crippen LogP contribution in [0.4, 0.5) is 0 Å². The number of aromatic amines is 1. The van der Waals surface area contributed by atoms with Gasteiger partial charge in [0.1, 0.15) is 11.9 Å². The molecule has 1 atom stereocenters. The summed E-state index contributed by atoms with van der Waals surface area (Å²) in [5, 5.41) is 9.75.